The Balaban J connectivity index is 1.81. The number of carbonyl (C=O) groups excluding carboxylic acids is 1. The minimum Gasteiger partial charge on any atom is -0.350 e. The van der Waals surface area contributed by atoms with Crippen molar-refractivity contribution in [1.82, 2.24) is 10.3 Å². The smallest absolute Gasteiger partial charge is 0.222 e. The topological polar surface area (TPSA) is 68.0 Å². The van der Waals surface area contributed by atoms with Gasteiger partial charge in [0.05, 0.1) is 6.04 Å². The zero-order chi connectivity index (χ0) is 12.3. The van der Waals surface area contributed by atoms with E-state index in [1.54, 1.807) is 12.4 Å². The van der Waals surface area contributed by atoms with Gasteiger partial charge in [-0.25, -0.2) is 0 Å². The van der Waals surface area contributed by atoms with Gasteiger partial charge in [0.1, 0.15) is 0 Å². The van der Waals surface area contributed by atoms with E-state index >= 15 is 0 Å². The summed E-state index contributed by atoms with van der Waals surface area (Å²) in [7, 11) is 0. The largest absolute Gasteiger partial charge is 0.350 e. The van der Waals surface area contributed by atoms with Crippen LogP contribution in [0.5, 0.6) is 0 Å². The second kappa shape index (κ2) is 5.27. The summed E-state index contributed by atoms with van der Waals surface area (Å²) in [6, 6.07) is 3.86. The third-order valence-corrected chi connectivity index (χ3v) is 3.23. The molecule has 1 aliphatic carbocycles. The van der Waals surface area contributed by atoms with Crippen LogP contribution >= 0.6 is 0 Å². The molecule has 4 heteroatoms. The number of pyridine rings is 1. The second-order valence-corrected chi connectivity index (χ2v) is 4.78. The molecule has 1 unspecified atom stereocenters. The van der Waals surface area contributed by atoms with E-state index in [2.05, 4.69) is 10.3 Å². The molecule has 3 N–H and O–H groups in total. The van der Waals surface area contributed by atoms with Crippen molar-refractivity contribution in [2.24, 2.45) is 11.7 Å². The maximum absolute atomic E-state index is 11.8. The summed E-state index contributed by atoms with van der Waals surface area (Å²) in [5.74, 6) is 0.602. The van der Waals surface area contributed by atoms with Crippen molar-refractivity contribution >= 4 is 5.91 Å². The van der Waals surface area contributed by atoms with Crippen LogP contribution in [0.4, 0.5) is 0 Å². The van der Waals surface area contributed by atoms with Crippen LogP contribution in [0.2, 0.25) is 0 Å². The van der Waals surface area contributed by atoms with Crippen LogP contribution in [0, 0.1) is 5.92 Å². The maximum atomic E-state index is 11.8. The van der Waals surface area contributed by atoms with Gasteiger partial charge in [-0.1, -0.05) is 0 Å². The molecule has 0 bridgehead atoms. The molecular weight excluding hydrogens is 214 g/mol. The summed E-state index contributed by atoms with van der Waals surface area (Å²) in [5, 5.41) is 2.96. The molecular formula is C13H19N3O. The first-order valence-electron chi connectivity index (χ1n) is 6.11. The first-order valence-corrected chi connectivity index (χ1v) is 6.11. The Labute approximate surface area is 102 Å². The number of hydrogen-bond acceptors (Lipinski definition) is 3. The number of nitrogens with zero attached hydrogens (tertiary/aromatic N) is 1. The quantitative estimate of drug-likeness (QED) is 0.807. The van der Waals surface area contributed by atoms with Gasteiger partial charge >= 0.3 is 0 Å². The molecule has 0 saturated heterocycles. The van der Waals surface area contributed by atoms with E-state index in [1.807, 2.05) is 19.1 Å². The lowest BCUT2D eigenvalue weighted by Gasteiger charge is -2.16. The number of aromatic nitrogens is 1. The Morgan fingerprint density at radius 1 is 1.53 bits per heavy atom. The number of nitrogens with two attached hydrogens (primary N) is 1. The van der Waals surface area contributed by atoms with Crippen molar-refractivity contribution in [2.45, 2.75) is 38.3 Å². The average Bonchev–Trinajstić information content (AvgIpc) is 3.13. The second-order valence-electron chi connectivity index (χ2n) is 4.78. The predicted octanol–water partition coefficient (Wildman–Crippen LogP) is 1.39. The first-order chi connectivity index (χ1) is 8.16. The Kier molecular flexibility index (Phi) is 3.74. The molecule has 1 fully saturated rings. The Morgan fingerprint density at radius 3 is 2.76 bits per heavy atom. The Hall–Kier alpha value is -1.42. The van der Waals surface area contributed by atoms with E-state index in [0.717, 1.165) is 5.56 Å². The fourth-order valence-corrected chi connectivity index (χ4v) is 1.94. The summed E-state index contributed by atoms with van der Waals surface area (Å²) in [4.78, 5) is 15.7. The van der Waals surface area contributed by atoms with Crippen LogP contribution < -0.4 is 11.1 Å². The number of nitrogens with one attached hydrogen (secondary N) is 1. The highest BCUT2D eigenvalue weighted by Crippen LogP contribution is 2.32. The zero-order valence-electron chi connectivity index (χ0n) is 10.1. The van der Waals surface area contributed by atoms with Crippen molar-refractivity contribution in [3.8, 4) is 0 Å². The fourth-order valence-electron chi connectivity index (χ4n) is 1.94. The summed E-state index contributed by atoms with van der Waals surface area (Å²) < 4.78 is 0. The Morgan fingerprint density at radius 2 is 2.18 bits per heavy atom. The van der Waals surface area contributed by atoms with Gasteiger partial charge in [0, 0.05) is 24.9 Å². The molecule has 92 valence electrons. The monoisotopic (exact) mass is 233 g/mol. The van der Waals surface area contributed by atoms with E-state index < -0.39 is 0 Å². The van der Waals surface area contributed by atoms with Crippen LogP contribution in [0.25, 0.3) is 0 Å². The van der Waals surface area contributed by atoms with Gasteiger partial charge in [0.2, 0.25) is 5.91 Å². The van der Waals surface area contributed by atoms with Gasteiger partial charge < -0.3 is 11.1 Å². The maximum Gasteiger partial charge on any atom is 0.222 e. The molecule has 4 nitrogen and oxygen atoms in total. The normalized spacial score (nSPS) is 18.5. The van der Waals surface area contributed by atoms with E-state index in [1.165, 1.54) is 12.8 Å². The van der Waals surface area contributed by atoms with E-state index in [4.69, 9.17) is 5.73 Å². The van der Waals surface area contributed by atoms with E-state index in [9.17, 15) is 4.79 Å². The van der Waals surface area contributed by atoms with Crippen LogP contribution in [0.1, 0.15) is 37.8 Å². The molecule has 0 radical (unpaired) electrons. The fraction of sp³-hybridized carbons (Fsp3) is 0.538. The lowest BCUT2D eigenvalue weighted by Crippen LogP contribution is -2.34. The van der Waals surface area contributed by atoms with Gasteiger partial charge in [-0.15, -0.1) is 0 Å². The lowest BCUT2D eigenvalue weighted by molar-refractivity contribution is -0.122. The molecule has 0 aliphatic heterocycles. The van der Waals surface area contributed by atoms with Crippen molar-refractivity contribution in [1.29, 1.82) is 0 Å². The van der Waals surface area contributed by atoms with Crippen molar-refractivity contribution in [3.05, 3.63) is 30.1 Å². The predicted molar refractivity (Wildman–Crippen MR) is 66.1 cm³/mol. The Bertz CT molecular complexity index is 376. The third-order valence-electron chi connectivity index (χ3n) is 3.23. The van der Waals surface area contributed by atoms with E-state index in [0.29, 0.717) is 12.3 Å². The standard InChI is InChI=1S/C13H19N3O/c1-9(10-4-6-15-7-5-10)16-13(17)8-12(14)11-2-3-11/h4-7,9,11-12H,2-3,8,14H2,1H3,(H,16,17)/t9-,12?/m1/s1. The van der Waals surface area contributed by atoms with Crippen molar-refractivity contribution in [2.75, 3.05) is 0 Å². The summed E-state index contributed by atoms with van der Waals surface area (Å²) in [6.07, 6.45) is 6.24. The van der Waals surface area contributed by atoms with Gasteiger partial charge in [-0.05, 0) is 43.4 Å². The lowest BCUT2D eigenvalue weighted by atomic mass is 10.1. The molecule has 2 atom stereocenters. The van der Waals surface area contributed by atoms with Gasteiger partial charge in [0.15, 0.2) is 0 Å². The summed E-state index contributed by atoms with van der Waals surface area (Å²) >= 11 is 0. The number of carbonyl (C=O) groups is 1. The molecule has 1 saturated carbocycles. The molecule has 1 aliphatic rings. The highest BCUT2D eigenvalue weighted by Gasteiger charge is 2.29. The summed E-state index contributed by atoms with van der Waals surface area (Å²) in [5.41, 5.74) is 6.99. The molecule has 17 heavy (non-hydrogen) atoms. The molecule has 2 rings (SSSR count). The first kappa shape index (κ1) is 12.0. The minimum atomic E-state index is 0.0110. The van der Waals surface area contributed by atoms with Gasteiger partial charge in [0.25, 0.3) is 0 Å². The number of rotatable bonds is 5. The van der Waals surface area contributed by atoms with Gasteiger partial charge in [-0.3, -0.25) is 9.78 Å². The third kappa shape index (κ3) is 3.53. The number of amides is 1. The molecule has 0 aromatic carbocycles. The molecule has 1 aromatic rings. The molecule has 1 heterocycles. The average molecular weight is 233 g/mol. The zero-order valence-corrected chi connectivity index (χ0v) is 10.1. The van der Waals surface area contributed by atoms with Crippen LogP contribution in [-0.2, 0) is 4.79 Å². The van der Waals surface area contributed by atoms with Crippen LogP contribution in [0.15, 0.2) is 24.5 Å². The molecule has 1 amide bonds. The molecule has 1 aromatic heterocycles. The minimum absolute atomic E-state index is 0.0110. The van der Waals surface area contributed by atoms with Crippen LogP contribution in [0.3, 0.4) is 0 Å². The van der Waals surface area contributed by atoms with Crippen molar-refractivity contribution < 1.29 is 4.79 Å². The SMILES string of the molecule is C[C@@H](NC(=O)CC(N)C1CC1)c1ccncc1. The van der Waals surface area contributed by atoms with Crippen molar-refractivity contribution in [3.63, 3.8) is 0 Å². The van der Waals surface area contributed by atoms with Gasteiger partial charge in [-0.2, -0.15) is 0 Å². The molecule has 0 spiro atoms. The highest BCUT2D eigenvalue weighted by molar-refractivity contribution is 5.77. The van der Waals surface area contributed by atoms with E-state index in [-0.39, 0.29) is 18.0 Å². The number of hydrogen-bond donors (Lipinski definition) is 2. The highest BCUT2D eigenvalue weighted by atomic mass is 16.1. The van der Waals surface area contributed by atoms with Crippen LogP contribution in [-0.4, -0.2) is 16.9 Å². The summed E-state index contributed by atoms with van der Waals surface area (Å²) in [6.45, 7) is 1.97.